The summed E-state index contributed by atoms with van der Waals surface area (Å²) in [6.07, 6.45) is 5.34. The monoisotopic (exact) mass is 514 g/mol. The summed E-state index contributed by atoms with van der Waals surface area (Å²) in [5.74, 6) is 0.508. The third kappa shape index (κ3) is 4.47. The predicted octanol–water partition coefficient (Wildman–Crippen LogP) is 3.65. The van der Waals surface area contributed by atoms with Crippen molar-refractivity contribution in [3.63, 3.8) is 0 Å². The molecule has 38 heavy (non-hydrogen) atoms. The van der Waals surface area contributed by atoms with Crippen LogP contribution in [0.5, 0.6) is 5.88 Å². The Balaban J connectivity index is 1.49. The molecule has 1 saturated heterocycles. The van der Waals surface area contributed by atoms with Crippen LogP contribution in [0, 0.1) is 11.3 Å². The number of nitrogens with zero attached hydrogens (tertiary/aromatic N) is 8. The molecule has 0 radical (unpaired) electrons. The SMILES string of the molecule is CC[C@H]1CN([C@H](C)c2ccc3nc(OC)cnc3c2)[C@H](CC)CN1c1cc(=O)n(C)c2cn(CC#N)nc12. The maximum atomic E-state index is 12.9. The van der Waals surface area contributed by atoms with Gasteiger partial charge in [0, 0.05) is 44.3 Å². The highest BCUT2D eigenvalue weighted by Gasteiger charge is 2.36. The molecule has 0 spiro atoms. The number of nitriles is 1. The third-order valence-corrected chi connectivity index (χ3v) is 7.89. The van der Waals surface area contributed by atoms with E-state index in [2.05, 4.69) is 58.7 Å². The molecule has 10 heteroatoms. The number of pyridine rings is 1. The Hall–Kier alpha value is -3.97. The van der Waals surface area contributed by atoms with E-state index in [-0.39, 0.29) is 30.2 Å². The van der Waals surface area contributed by atoms with Crippen molar-refractivity contribution < 1.29 is 4.74 Å². The normalized spacial score (nSPS) is 19.1. The Labute approximate surface area is 222 Å². The van der Waals surface area contributed by atoms with E-state index in [0.29, 0.717) is 5.88 Å². The lowest BCUT2D eigenvalue weighted by atomic mass is 9.96. The van der Waals surface area contributed by atoms with Crippen molar-refractivity contribution in [2.45, 2.75) is 58.3 Å². The molecule has 10 nitrogen and oxygen atoms in total. The summed E-state index contributed by atoms with van der Waals surface area (Å²) >= 11 is 0. The van der Waals surface area contributed by atoms with Crippen LogP contribution in [-0.4, -0.2) is 61.5 Å². The molecule has 1 aromatic carbocycles. The van der Waals surface area contributed by atoms with Gasteiger partial charge in [-0.3, -0.25) is 14.4 Å². The zero-order chi connectivity index (χ0) is 27.0. The minimum Gasteiger partial charge on any atom is -0.480 e. The molecule has 4 heterocycles. The molecule has 0 saturated carbocycles. The first-order chi connectivity index (χ1) is 18.4. The Morgan fingerprint density at radius 3 is 2.66 bits per heavy atom. The number of methoxy groups -OCH3 is 1. The highest BCUT2D eigenvalue weighted by atomic mass is 16.5. The molecule has 1 fully saturated rings. The van der Waals surface area contributed by atoms with Gasteiger partial charge >= 0.3 is 0 Å². The van der Waals surface area contributed by atoms with Gasteiger partial charge in [0.25, 0.3) is 5.56 Å². The lowest BCUT2D eigenvalue weighted by molar-refractivity contribution is 0.101. The van der Waals surface area contributed by atoms with Crippen molar-refractivity contribution in [3.05, 3.63) is 52.6 Å². The van der Waals surface area contributed by atoms with Crippen molar-refractivity contribution in [1.29, 1.82) is 5.26 Å². The summed E-state index contributed by atoms with van der Waals surface area (Å²) < 4.78 is 8.44. The molecule has 198 valence electrons. The average Bonchev–Trinajstić information content (AvgIpc) is 3.37. The van der Waals surface area contributed by atoms with Crippen LogP contribution in [0.3, 0.4) is 0 Å². The van der Waals surface area contributed by atoms with E-state index in [1.807, 2.05) is 6.07 Å². The van der Waals surface area contributed by atoms with E-state index in [1.165, 1.54) is 5.56 Å². The minimum absolute atomic E-state index is 0.0726. The lowest BCUT2D eigenvalue weighted by Gasteiger charge is -2.49. The molecule has 0 N–H and O–H groups in total. The van der Waals surface area contributed by atoms with Crippen molar-refractivity contribution in [2.24, 2.45) is 7.05 Å². The van der Waals surface area contributed by atoms with Crippen molar-refractivity contribution in [1.82, 2.24) is 29.2 Å². The maximum absolute atomic E-state index is 12.9. The molecule has 0 unspecified atom stereocenters. The molecule has 0 amide bonds. The van der Waals surface area contributed by atoms with Gasteiger partial charge in [0.05, 0.1) is 47.8 Å². The van der Waals surface area contributed by atoms with Crippen LogP contribution in [0.1, 0.15) is 45.2 Å². The van der Waals surface area contributed by atoms with E-state index in [1.54, 1.807) is 41.9 Å². The van der Waals surface area contributed by atoms with Crippen LogP contribution in [0.4, 0.5) is 5.69 Å². The molecule has 3 atom stereocenters. The Kier molecular flexibility index (Phi) is 7.04. The smallest absolute Gasteiger partial charge is 0.252 e. The number of ether oxygens (including phenoxy) is 1. The van der Waals surface area contributed by atoms with Gasteiger partial charge < -0.3 is 14.2 Å². The van der Waals surface area contributed by atoms with Gasteiger partial charge in [-0.1, -0.05) is 19.9 Å². The summed E-state index contributed by atoms with van der Waals surface area (Å²) in [6.45, 7) is 8.45. The van der Waals surface area contributed by atoms with Crippen molar-refractivity contribution in [2.75, 3.05) is 25.1 Å². The fraction of sp³-hybridized carbons (Fsp3) is 0.464. The number of anilines is 1. The molecule has 1 aliphatic rings. The fourth-order valence-corrected chi connectivity index (χ4v) is 5.63. The van der Waals surface area contributed by atoms with Crippen molar-refractivity contribution >= 4 is 27.8 Å². The molecule has 3 aromatic heterocycles. The van der Waals surface area contributed by atoms with E-state index in [0.717, 1.165) is 53.7 Å². The number of piperazine rings is 1. The van der Waals surface area contributed by atoms with Gasteiger partial charge in [-0.05, 0) is 37.5 Å². The van der Waals surface area contributed by atoms with Crippen LogP contribution >= 0.6 is 0 Å². The predicted molar refractivity (Wildman–Crippen MR) is 147 cm³/mol. The van der Waals surface area contributed by atoms with Crippen molar-refractivity contribution in [3.8, 4) is 11.9 Å². The zero-order valence-electron chi connectivity index (χ0n) is 22.6. The first-order valence-electron chi connectivity index (χ1n) is 13.2. The Morgan fingerprint density at radius 2 is 1.95 bits per heavy atom. The Bertz CT molecular complexity index is 1570. The van der Waals surface area contributed by atoms with Gasteiger partial charge in [0.15, 0.2) is 0 Å². The number of hydrogen-bond donors (Lipinski definition) is 0. The average molecular weight is 515 g/mol. The molecule has 0 bridgehead atoms. The first kappa shape index (κ1) is 25.7. The van der Waals surface area contributed by atoms with E-state index >= 15 is 0 Å². The van der Waals surface area contributed by atoms with Crippen LogP contribution in [0.15, 0.2) is 41.5 Å². The number of hydrogen-bond acceptors (Lipinski definition) is 8. The summed E-state index contributed by atoms with van der Waals surface area (Å²) in [5.41, 5.74) is 5.16. The molecular weight excluding hydrogens is 480 g/mol. The second kappa shape index (κ2) is 10.4. The van der Waals surface area contributed by atoms with Crippen LogP contribution in [0.2, 0.25) is 0 Å². The molecule has 5 rings (SSSR count). The molecular formula is C28H34N8O2. The lowest BCUT2D eigenvalue weighted by Crippen LogP contribution is -2.58. The highest BCUT2D eigenvalue weighted by molar-refractivity contribution is 5.88. The van der Waals surface area contributed by atoms with Gasteiger partial charge in [0.1, 0.15) is 12.1 Å². The Morgan fingerprint density at radius 1 is 1.16 bits per heavy atom. The number of rotatable bonds is 7. The van der Waals surface area contributed by atoms with E-state index < -0.39 is 0 Å². The van der Waals surface area contributed by atoms with Gasteiger partial charge in [-0.25, -0.2) is 9.97 Å². The summed E-state index contributed by atoms with van der Waals surface area (Å²) in [7, 11) is 3.35. The third-order valence-electron chi connectivity index (χ3n) is 7.89. The summed E-state index contributed by atoms with van der Waals surface area (Å²) in [5, 5.41) is 13.9. The molecule has 4 aromatic rings. The van der Waals surface area contributed by atoms with Gasteiger partial charge in [-0.2, -0.15) is 10.4 Å². The quantitative estimate of drug-likeness (QED) is 0.368. The second-order valence-electron chi connectivity index (χ2n) is 9.96. The number of benzene rings is 1. The first-order valence-corrected chi connectivity index (χ1v) is 13.2. The number of aryl methyl sites for hydroxylation is 1. The fourth-order valence-electron chi connectivity index (χ4n) is 5.63. The summed E-state index contributed by atoms with van der Waals surface area (Å²) in [6, 6.07) is 10.8. The number of fused-ring (bicyclic) bond motifs is 2. The largest absolute Gasteiger partial charge is 0.480 e. The van der Waals surface area contributed by atoms with E-state index in [9.17, 15) is 10.1 Å². The van der Waals surface area contributed by atoms with Gasteiger partial charge in [0.2, 0.25) is 5.88 Å². The number of aromatic nitrogens is 5. The van der Waals surface area contributed by atoms with E-state index in [4.69, 9.17) is 9.84 Å². The molecule has 1 aliphatic heterocycles. The summed E-state index contributed by atoms with van der Waals surface area (Å²) in [4.78, 5) is 26.9. The molecule has 0 aliphatic carbocycles. The van der Waals surface area contributed by atoms with Gasteiger partial charge in [-0.15, -0.1) is 0 Å². The topological polar surface area (TPSA) is 105 Å². The highest BCUT2D eigenvalue weighted by Crippen LogP contribution is 2.35. The minimum atomic E-state index is -0.0726. The second-order valence-corrected chi connectivity index (χ2v) is 9.96. The van der Waals surface area contributed by atoms with Crippen LogP contribution < -0.4 is 15.2 Å². The van der Waals surface area contributed by atoms with Crippen LogP contribution in [0.25, 0.3) is 22.1 Å². The zero-order valence-corrected chi connectivity index (χ0v) is 22.6. The maximum Gasteiger partial charge on any atom is 0.252 e. The standard InChI is InChI=1S/C28H34N8O2/c1-6-20-16-36(24-13-27(37)33(4)25-17-34(11-10-29)32-28(24)25)21(7-2)15-35(20)18(3)19-8-9-22-23(12-19)30-14-26(31-22)38-5/h8-9,12-14,17-18,20-21H,6-7,11,15-16H2,1-5H3/t18-,20-,21+/m1/s1. The van der Waals surface area contributed by atoms with Crippen LogP contribution in [-0.2, 0) is 13.6 Å².